The second kappa shape index (κ2) is 6.67. The highest BCUT2D eigenvalue weighted by Crippen LogP contribution is 2.22. The fraction of sp³-hybridized carbons (Fsp3) is 0.400. The Bertz CT molecular complexity index is 291. The van der Waals surface area contributed by atoms with Gasteiger partial charge in [0.25, 0.3) is 0 Å². The van der Waals surface area contributed by atoms with Crippen molar-refractivity contribution in [1.82, 2.24) is 5.32 Å². The van der Waals surface area contributed by atoms with E-state index in [9.17, 15) is 0 Å². The predicted octanol–water partition coefficient (Wildman–Crippen LogP) is 3.87. The van der Waals surface area contributed by atoms with Gasteiger partial charge in [-0.3, -0.25) is 0 Å². The Labute approximate surface area is 103 Å². The van der Waals surface area contributed by atoms with Crippen LogP contribution in [0, 0.1) is 0 Å². The summed E-state index contributed by atoms with van der Waals surface area (Å²) in [5.74, 6) is 0. The van der Waals surface area contributed by atoms with Gasteiger partial charge in [-0.2, -0.15) is 0 Å². The molecule has 1 rings (SSSR count). The number of hydrogen-bond donors (Lipinski definition) is 1. The highest BCUT2D eigenvalue weighted by Gasteiger charge is 1.98. The summed E-state index contributed by atoms with van der Waals surface area (Å²) in [6, 6.07) is 5.70. The minimum Gasteiger partial charge on any atom is -0.313 e. The molecule has 0 radical (unpaired) electrons. The van der Waals surface area contributed by atoms with E-state index >= 15 is 0 Å². The molecule has 14 heavy (non-hydrogen) atoms. The summed E-state index contributed by atoms with van der Waals surface area (Å²) in [5, 5.41) is 5.57. The van der Waals surface area contributed by atoms with Crippen LogP contribution in [0.2, 0.25) is 10.0 Å². The summed E-state index contributed by atoms with van der Waals surface area (Å²) < 4.78 is 0. The number of hydrogen-bond acceptors (Lipinski definition) is 1. The Morgan fingerprint density at radius 3 is 2.64 bits per heavy atom. The molecule has 0 aliphatic heterocycles. The Morgan fingerprint density at radius 1 is 1.21 bits per heavy atom. The average Bonchev–Trinajstić information content (AvgIpc) is 2.18. The van der Waals surface area contributed by atoms with E-state index in [1.54, 1.807) is 0 Å². The fourth-order valence-electron chi connectivity index (χ4n) is 1.07. The third-order valence-electron chi connectivity index (χ3n) is 1.80. The molecule has 0 spiro atoms. The lowest BCUT2D eigenvalue weighted by Crippen LogP contribution is -2.14. The van der Waals surface area contributed by atoms with Gasteiger partial charge >= 0.3 is 0 Å². The molecule has 0 bridgehead atoms. The third kappa shape index (κ3) is 4.18. The molecule has 0 aliphatic carbocycles. The van der Waals surface area contributed by atoms with Crippen LogP contribution in [-0.4, -0.2) is 11.9 Å². The molecule has 0 fully saturated rings. The Kier molecular flexibility index (Phi) is 5.87. The van der Waals surface area contributed by atoms with Crippen LogP contribution in [0.5, 0.6) is 0 Å². The van der Waals surface area contributed by atoms with Crippen molar-refractivity contribution >= 4 is 39.1 Å². The van der Waals surface area contributed by atoms with Crippen molar-refractivity contribution in [3.63, 3.8) is 0 Å². The number of benzene rings is 1. The Hall–Kier alpha value is 0.240. The maximum Gasteiger partial charge on any atom is 0.0595 e. The second-order valence-electron chi connectivity index (χ2n) is 2.97. The van der Waals surface area contributed by atoms with Gasteiger partial charge in [0.2, 0.25) is 0 Å². The van der Waals surface area contributed by atoms with Gasteiger partial charge in [0, 0.05) is 11.9 Å². The average molecular weight is 297 g/mol. The zero-order valence-electron chi connectivity index (χ0n) is 7.69. The predicted molar refractivity (Wildman–Crippen MR) is 66.6 cm³/mol. The molecule has 0 aliphatic rings. The minimum absolute atomic E-state index is 0.607. The second-order valence-corrected chi connectivity index (χ2v) is 4.58. The Balaban J connectivity index is 2.39. The standard InChI is InChI=1S/C10H12BrCl2N/c11-4-1-5-14-7-8-2-3-9(12)10(13)6-8/h2-3,6,14H,1,4-5,7H2. The summed E-state index contributed by atoms with van der Waals surface area (Å²) in [7, 11) is 0. The molecule has 0 unspecified atom stereocenters. The number of halogens is 3. The topological polar surface area (TPSA) is 12.0 Å². The van der Waals surface area contributed by atoms with Crippen molar-refractivity contribution < 1.29 is 0 Å². The van der Waals surface area contributed by atoms with Crippen molar-refractivity contribution in [2.24, 2.45) is 0 Å². The normalized spacial score (nSPS) is 10.5. The first-order valence-electron chi connectivity index (χ1n) is 4.44. The SMILES string of the molecule is Clc1ccc(CNCCCBr)cc1Cl. The molecule has 4 heteroatoms. The number of nitrogens with one attached hydrogen (secondary N) is 1. The molecule has 0 heterocycles. The van der Waals surface area contributed by atoms with Crippen LogP contribution < -0.4 is 5.32 Å². The first-order valence-corrected chi connectivity index (χ1v) is 6.32. The summed E-state index contributed by atoms with van der Waals surface area (Å²) >= 11 is 15.1. The monoisotopic (exact) mass is 295 g/mol. The van der Waals surface area contributed by atoms with E-state index in [0.29, 0.717) is 10.0 Å². The van der Waals surface area contributed by atoms with E-state index in [0.717, 1.165) is 30.4 Å². The molecule has 78 valence electrons. The van der Waals surface area contributed by atoms with Crippen molar-refractivity contribution in [2.45, 2.75) is 13.0 Å². The molecular formula is C10H12BrCl2N. The van der Waals surface area contributed by atoms with Crippen LogP contribution in [0.15, 0.2) is 18.2 Å². The van der Waals surface area contributed by atoms with E-state index in [1.807, 2.05) is 18.2 Å². The first-order chi connectivity index (χ1) is 6.74. The zero-order chi connectivity index (χ0) is 10.4. The van der Waals surface area contributed by atoms with Crippen molar-refractivity contribution in [2.75, 3.05) is 11.9 Å². The highest BCUT2D eigenvalue weighted by molar-refractivity contribution is 9.09. The first kappa shape index (κ1) is 12.3. The van der Waals surface area contributed by atoms with E-state index < -0.39 is 0 Å². The van der Waals surface area contributed by atoms with E-state index in [-0.39, 0.29) is 0 Å². The molecule has 0 aromatic heterocycles. The van der Waals surface area contributed by atoms with Crippen LogP contribution >= 0.6 is 39.1 Å². The fourth-order valence-corrected chi connectivity index (χ4v) is 1.68. The van der Waals surface area contributed by atoms with Crippen molar-refractivity contribution in [3.8, 4) is 0 Å². The summed E-state index contributed by atoms with van der Waals surface area (Å²) in [6.07, 6.45) is 1.13. The summed E-state index contributed by atoms with van der Waals surface area (Å²) in [4.78, 5) is 0. The number of rotatable bonds is 5. The molecule has 1 nitrogen and oxygen atoms in total. The zero-order valence-corrected chi connectivity index (χ0v) is 10.8. The van der Waals surface area contributed by atoms with E-state index in [2.05, 4.69) is 21.2 Å². The smallest absolute Gasteiger partial charge is 0.0595 e. The van der Waals surface area contributed by atoms with Gasteiger partial charge in [0.15, 0.2) is 0 Å². The maximum atomic E-state index is 5.89. The minimum atomic E-state index is 0.607. The van der Waals surface area contributed by atoms with Gasteiger partial charge < -0.3 is 5.32 Å². The molecule has 0 amide bonds. The summed E-state index contributed by atoms with van der Waals surface area (Å²) in [6.45, 7) is 1.84. The summed E-state index contributed by atoms with van der Waals surface area (Å²) in [5.41, 5.74) is 1.16. The lowest BCUT2D eigenvalue weighted by molar-refractivity contribution is 0.680. The molecule has 1 aromatic rings. The molecular weight excluding hydrogens is 285 g/mol. The van der Waals surface area contributed by atoms with Gasteiger partial charge in [0.05, 0.1) is 10.0 Å². The van der Waals surface area contributed by atoms with E-state index in [4.69, 9.17) is 23.2 Å². The molecule has 0 saturated heterocycles. The Morgan fingerprint density at radius 2 is 2.00 bits per heavy atom. The van der Waals surface area contributed by atoms with Crippen LogP contribution in [0.25, 0.3) is 0 Å². The van der Waals surface area contributed by atoms with Crippen LogP contribution in [0.3, 0.4) is 0 Å². The maximum absolute atomic E-state index is 5.89. The third-order valence-corrected chi connectivity index (χ3v) is 3.10. The quantitative estimate of drug-likeness (QED) is 0.642. The van der Waals surface area contributed by atoms with Gasteiger partial charge in [-0.15, -0.1) is 0 Å². The van der Waals surface area contributed by atoms with Crippen molar-refractivity contribution in [1.29, 1.82) is 0 Å². The largest absolute Gasteiger partial charge is 0.313 e. The number of alkyl halides is 1. The molecule has 1 N–H and O–H groups in total. The van der Waals surface area contributed by atoms with E-state index in [1.165, 1.54) is 0 Å². The van der Waals surface area contributed by atoms with Gasteiger partial charge in [0.1, 0.15) is 0 Å². The van der Waals surface area contributed by atoms with Gasteiger partial charge in [-0.25, -0.2) is 0 Å². The van der Waals surface area contributed by atoms with Crippen LogP contribution in [-0.2, 0) is 6.54 Å². The van der Waals surface area contributed by atoms with Crippen molar-refractivity contribution in [3.05, 3.63) is 33.8 Å². The molecule has 0 saturated carbocycles. The van der Waals surface area contributed by atoms with Gasteiger partial charge in [-0.05, 0) is 30.7 Å². The van der Waals surface area contributed by atoms with Gasteiger partial charge in [-0.1, -0.05) is 45.2 Å². The molecule has 1 aromatic carbocycles. The van der Waals surface area contributed by atoms with Crippen LogP contribution in [0.1, 0.15) is 12.0 Å². The lowest BCUT2D eigenvalue weighted by Gasteiger charge is -2.04. The van der Waals surface area contributed by atoms with Crippen LogP contribution in [0.4, 0.5) is 0 Å². The lowest BCUT2D eigenvalue weighted by atomic mass is 10.2. The highest BCUT2D eigenvalue weighted by atomic mass is 79.9. The molecule has 0 atom stereocenters.